The molecule has 1 amide bonds. The first-order valence-corrected chi connectivity index (χ1v) is 6.35. The summed E-state index contributed by atoms with van der Waals surface area (Å²) in [7, 11) is 0. The Morgan fingerprint density at radius 3 is 2.93 bits per heavy atom. The highest BCUT2D eigenvalue weighted by atomic mass is 32.2. The third-order valence-electron chi connectivity index (χ3n) is 2.48. The van der Waals surface area contributed by atoms with E-state index in [0.29, 0.717) is 13.0 Å². The third-order valence-corrected chi connectivity index (χ3v) is 3.85. The molecule has 0 aromatic heterocycles. The van der Waals surface area contributed by atoms with Crippen molar-refractivity contribution in [3.63, 3.8) is 0 Å². The molecule has 1 rings (SSSR count). The van der Waals surface area contributed by atoms with Gasteiger partial charge in [0.25, 0.3) is 0 Å². The fourth-order valence-corrected chi connectivity index (χ4v) is 2.90. The molecule has 14 heavy (non-hydrogen) atoms. The molecule has 82 valence electrons. The molecule has 0 saturated carbocycles. The van der Waals surface area contributed by atoms with E-state index < -0.39 is 0 Å². The highest BCUT2D eigenvalue weighted by molar-refractivity contribution is 8.00. The Morgan fingerprint density at radius 2 is 2.43 bits per heavy atom. The van der Waals surface area contributed by atoms with Crippen LogP contribution in [0, 0.1) is 0 Å². The number of hydrogen-bond donors (Lipinski definition) is 1. The Bertz CT molecular complexity index is 181. The van der Waals surface area contributed by atoms with Gasteiger partial charge in [0.1, 0.15) is 0 Å². The molecule has 3 nitrogen and oxygen atoms in total. The van der Waals surface area contributed by atoms with Crippen molar-refractivity contribution >= 4 is 17.7 Å². The molecule has 1 fully saturated rings. The second-order valence-electron chi connectivity index (χ2n) is 3.50. The van der Waals surface area contributed by atoms with Crippen LogP contribution in [0.15, 0.2) is 0 Å². The number of carbonyl (C=O) groups excluding carboxylic acids is 1. The van der Waals surface area contributed by atoms with Crippen molar-refractivity contribution in [2.75, 3.05) is 25.4 Å². The quantitative estimate of drug-likeness (QED) is 0.750. The Hall–Kier alpha value is -0.220. The zero-order chi connectivity index (χ0) is 10.4. The number of nitrogens with zero attached hydrogens (tertiary/aromatic N) is 1. The highest BCUT2D eigenvalue weighted by Crippen LogP contribution is 2.27. The van der Waals surface area contributed by atoms with Crippen LogP contribution in [0.3, 0.4) is 0 Å². The first-order valence-electron chi connectivity index (χ1n) is 5.30. The van der Waals surface area contributed by atoms with Crippen LogP contribution in [0.4, 0.5) is 0 Å². The highest BCUT2D eigenvalue weighted by Gasteiger charge is 2.26. The largest absolute Gasteiger partial charge is 0.396 e. The van der Waals surface area contributed by atoms with E-state index in [4.69, 9.17) is 5.11 Å². The summed E-state index contributed by atoms with van der Waals surface area (Å²) < 4.78 is 0. The molecule has 0 radical (unpaired) electrons. The van der Waals surface area contributed by atoms with Gasteiger partial charge in [-0.05, 0) is 31.9 Å². The summed E-state index contributed by atoms with van der Waals surface area (Å²) in [6.45, 7) is 3.62. The lowest BCUT2D eigenvalue weighted by Gasteiger charge is -2.23. The normalized spacial score (nSPS) is 21.1. The van der Waals surface area contributed by atoms with E-state index >= 15 is 0 Å². The van der Waals surface area contributed by atoms with Crippen LogP contribution in [0.2, 0.25) is 0 Å². The van der Waals surface area contributed by atoms with Crippen LogP contribution in [-0.2, 0) is 4.79 Å². The minimum absolute atomic E-state index is 0.168. The summed E-state index contributed by atoms with van der Waals surface area (Å²) in [5.74, 6) is 1.39. The van der Waals surface area contributed by atoms with Crippen LogP contribution in [-0.4, -0.2) is 46.6 Å². The fourth-order valence-electron chi connectivity index (χ4n) is 1.66. The lowest BCUT2D eigenvalue weighted by atomic mass is 10.2. The number of rotatable bonds is 5. The molecule has 0 aromatic carbocycles. The van der Waals surface area contributed by atoms with Crippen LogP contribution in [0.25, 0.3) is 0 Å². The molecule has 0 aromatic rings. The van der Waals surface area contributed by atoms with Crippen molar-refractivity contribution in [3.05, 3.63) is 0 Å². The summed E-state index contributed by atoms with van der Waals surface area (Å²) in [5.41, 5.74) is 0. The Labute approximate surface area is 89.9 Å². The zero-order valence-corrected chi connectivity index (χ0v) is 9.55. The summed E-state index contributed by atoms with van der Waals surface area (Å²) in [5, 5.41) is 8.90. The van der Waals surface area contributed by atoms with E-state index in [2.05, 4.69) is 0 Å². The van der Waals surface area contributed by atoms with E-state index in [-0.39, 0.29) is 17.8 Å². The minimum atomic E-state index is 0.168. The van der Waals surface area contributed by atoms with Gasteiger partial charge in [-0.1, -0.05) is 0 Å². The Morgan fingerprint density at radius 1 is 1.64 bits per heavy atom. The number of aliphatic hydroxyl groups is 1. The second-order valence-corrected chi connectivity index (χ2v) is 4.81. The first-order chi connectivity index (χ1) is 6.79. The Balaban J connectivity index is 2.37. The molecule has 0 bridgehead atoms. The predicted octanol–water partition coefficient (Wildman–Crippen LogP) is 1.11. The molecule has 1 aliphatic rings. The van der Waals surface area contributed by atoms with Crippen molar-refractivity contribution in [1.82, 2.24) is 4.90 Å². The van der Waals surface area contributed by atoms with Crippen LogP contribution < -0.4 is 0 Å². The molecule has 1 heterocycles. The summed E-state index contributed by atoms with van der Waals surface area (Å²) in [6.07, 6.45) is 2.88. The number of thioether (sulfide) groups is 1. The zero-order valence-electron chi connectivity index (χ0n) is 8.74. The summed E-state index contributed by atoms with van der Waals surface area (Å²) >= 11 is 1.77. The lowest BCUT2D eigenvalue weighted by Crippen LogP contribution is -2.37. The van der Waals surface area contributed by atoms with Crippen molar-refractivity contribution in [3.8, 4) is 0 Å². The van der Waals surface area contributed by atoms with E-state index in [1.165, 1.54) is 6.42 Å². The van der Waals surface area contributed by atoms with E-state index in [1.807, 2.05) is 11.8 Å². The molecule has 1 N–H and O–H groups in total. The third kappa shape index (κ3) is 3.17. The number of amides is 1. The molecule has 0 spiro atoms. The predicted molar refractivity (Wildman–Crippen MR) is 59.4 cm³/mol. The van der Waals surface area contributed by atoms with Crippen molar-refractivity contribution in [1.29, 1.82) is 0 Å². The van der Waals surface area contributed by atoms with Crippen molar-refractivity contribution in [2.45, 2.75) is 31.4 Å². The molecule has 1 aliphatic heterocycles. The molecular weight excluding hydrogens is 198 g/mol. The standard InChI is InChI=1S/C10H19NO2S/c1-2-11(6-4-7-12)10(13)9-5-3-8-14-9/h9,12H,2-8H2,1H3. The monoisotopic (exact) mass is 217 g/mol. The van der Waals surface area contributed by atoms with Gasteiger partial charge in [-0.25, -0.2) is 0 Å². The fraction of sp³-hybridized carbons (Fsp3) is 0.900. The van der Waals surface area contributed by atoms with Crippen molar-refractivity contribution < 1.29 is 9.90 Å². The molecule has 0 aliphatic carbocycles. The van der Waals surface area contributed by atoms with Gasteiger partial charge < -0.3 is 10.0 Å². The summed E-state index contributed by atoms with van der Waals surface area (Å²) in [4.78, 5) is 13.8. The van der Waals surface area contributed by atoms with E-state index in [0.717, 1.165) is 18.7 Å². The average Bonchev–Trinajstić information content (AvgIpc) is 2.71. The van der Waals surface area contributed by atoms with Crippen LogP contribution in [0.5, 0.6) is 0 Å². The topological polar surface area (TPSA) is 40.5 Å². The lowest BCUT2D eigenvalue weighted by molar-refractivity contribution is -0.130. The Kier molecular flexibility index (Phi) is 5.33. The summed E-state index contributed by atoms with van der Waals surface area (Å²) in [6, 6.07) is 0. The van der Waals surface area contributed by atoms with Crippen molar-refractivity contribution in [2.24, 2.45) is 0 Å². The SMILES string of the molecule is CCN(CCCO)C(=O)C1CCCS1. The minimum Gasteiger partial charge on any atom is -0.396 e. The maximum Gasteiger partial charge on any atom is 0.235 e. The van der Waals surface area contributed by atoms with Gasteiger partial charge in [0.05, 0.1) is 5.25 Å². The van der Waals surface area contributed by atoms with Gasteiger partial charge in [-0.2, -0.15) is 0 Å². The molecule has 4 heteroatoms. The number of hydrogen-bond acceptors (Lipinski definition) is 3. The number of carbonyl (C=O) groups is 1. The van der Waals surface area contributed by atoms with Crippen LogP contribution >= 0.6 is 11.8 Å². The second kappa shape index (κ2) is 6.30. The van der Waals surface area contributed by atoms with Gasteiger partial charge >= 0.3 is 0 Å². The molecule has 1 saturated heterocycles. The van der Waals surface area contributed by atoms with Crippen LogP contribution in [0.1, 0.15) is 26.2 Å². The molecular formula is C10H19NO2S. The van der Waals surface area contributed by atoms with Gasteiger partial charge in [-0.3, -0.25) is 4.79 Å². The van der Waals surface area contributed by atoms with Gasteiger partial charge in [0.2, 0.25) is 5.91 Å². The van der Waals surface area contributed by atoms with Gasteiger partial charge in [0.15, 0.2) is 0 Å². The number of aliphatic hydroxyl groups excluding tert-OH is 1. The van der Waals surface area contributed by atoms with Gasteiger partial charge in [0, 0.05) is 19.7 Å². The smallest absolute Gasteiger partial charge is 0.235 e. The maximum absolute atomic E-state index is 11.9. The average molecular weight is 217 g/mol. The van der Waals surface area contributed by atoms with E-state index in [1.54, 1.807) is 11.8 Å². The van der Waals surface area contributed by atoms with Gasteiger partial charge in [-0.15, -0.1) is 11.8 Å². The van der Waals surface area contributed by atoms with E-state index in [9.17, 15) is 4.79 Å². The maximum atomic E-state index is 11.9. The molecule has 1 atom stereocenters. The first kappa shape index (κ1) is 11.9. The molecule has 1 unspecified atom stereocenters.